The van der Waals surface area contributed by atoms with Gasteiger partial charge in [0.2, 0.25) is 11.8 Å². The molecule has 2 aromatic heterocycles. The molecule has 140 valence electrons. The second-order valence-electron chi connectivity index (χ2n) is 6.98. The van der Waals surface area contributed by atoms with Crippen molar-refractivity contribution in [1.82, 2.24) is 19.7 Å². The predicted molar refractivity (Wildman–Crippen MR) is 108 cm³/mol. The van der Waals surface area contributed by atoms with Gasteiger partial charge in [0.05, 0.1) is 16.7 Å². The van der Waals surface area contributed by atoms with E-state index in [9.17, 15) is 4.79 Å². The van der Waals surface area contributed by atoms with Crippen LogP contribution in [0.15, 0.2) is 62.9 Å². The lowest BCUT2D eigenvalue weighted by Gasteiger charge is -2.11. The van der Waals surface area contributed by atoms with Crippen LogP contribution in [0.4, 0.5) is 0 Å². The topological polar surface area (TPSA) is 73.8 Å². The Morgan fingerprint density at radius 2 is 2.00 bits per heavy atom. The molecule has 7 heteroatoms. The highest BCUT2D eigenvalue weighted by Crippen LogP contribution is 2.37. The van der Waals surface area contributed by atoms with E-state index in [0.717, 1.165) is 29.5 Å². The molecular weight excluding hydrogens is 372 g/mol. The molecule has 0 N–H and O–H groups in total. The molecule has 0 unspecified atom stereocenters. The summed E-state index contributed by atoms with van der Waals surface area (Å²) >= 11 is 1.46. The van der Waals surface area contributed by atoms with Crippen LogP contribution in [0.3, 0.4) is 0 Å². The van der Waals surface area contributed by atoms with Crippen LogP contribution in [0, 0.1) is 6.92 Å². The number of aryl methyl sites for hydroxylation is 1. The molecule has 0 radical (unpaired) electrons. The maximum Gasteiger partial charge on any atom is 0.262 e. The highest BCUT2D eigenvalue weighted by molar-refractivity contribution is 7.98. The molecule has 1 aliphatic carbocycles. The number of hydrogen-bond donors (Lipinski definition) is 0. The summed E-state index contributed by atoms with van der Waals surface area (Å²) in [5.74, 6) is 1.49. The first-order chi connectivity index (χ1) is 13.7. The summed E-state index contributed by atoms with van der Waals surface area (Å²) in [6.07, 6.45) is 2.04. The lowest BCUT2D eigenvalue weighted by atomic mass is 10.1. The molecule has 5 rings (SSSR count). The molecule has 1 aliphatic rings. The highest BCUT2D eigenvalue weighted by atomic mass is 32.2. The molecule has 4 aromatic rings. The van der Waals surface area contributed by atoms with E-state index >= 15 is 0 Å². The Labute approximate surface area is 165 Å². The third-order valence-corrected chi connectivity index (χ3v) is 5.68. The number of thioether (sulfide) groups is 1. The van der Waals surface area contributed by atoms with E-state index in [-0.39, 0.29) is 11.6 Å². The molecule has 0 aliphatic heterocycles. The highest BCUT2D eigenvalue weighted by Gasteiger charge is 2.28. The van der Waals surface area contributed by atoms with Crippen LogP contribution in [0.2, 0.25) is 0 Å². The van der Waals surface area contributed by atoms with E-state index < -0.39 is 0 Å². The fraction of sp³-hybridized carbons (Fsp3) is 0.238. The summed E-state index contributed by atoms with van der Waals surface area (Å²) in [5, 5.41) is 9.69. The van der Waals surface area contributed by atoms with E-state index in [4.69, 9.17) is 9.40 Å². The number of fused-ring (bicyclic) bond motifs is 1. The lowest BCUT2D eigenvalue weighted by Crippen LogP contribution is -2.22. The summed E-state index contributed by atoms with van der Waals surface area (Å²) in [6, 6.07) is 15.7. The molecular formula is C21H18N4O2S. The molecule has 2 aromatic carbocycles. The summed E-state index contributed by atoms with van der Waals surface area (Å²) in [4.78, 5) is 17.6. The second-order valence-corrected chi connectivity index (χ2v) is 7.92. The molecule has 28 heavy (non-hydrogen) atoms. The zero-order valence-electron chi connectivity index (χ0n) is 15.3. The monoisotopic (exact) mass is 390 g/mol. The molecule has 0 bridgehead atoms. The van der Waals surface area contributed by atoms with Crippen LogP contribution < -0.4 is 5.56 Å². The average Bonchev–Trinajstić information content (AvgIpc) is 3.42. The van der Waals surface area contributed by atoms with Crippen molar-refractivity contribution < 1.29 is 4.42 Å². The number of benzene rings is 2. The quantitative estimate of drug-likeness (QED) is 0.372. The van der Waals surface area contributed by atoms with Crippen LogP contribution in [-0.2, 0) is 5.75 Å². The van der Waals surface area contributed by atoms with Crippen molar-refractivity contribution in [3.8, 4) is 11.5 Å². The first-order valence-corrected chi connectivity index (χ1v) is 10.2. The van der Waals surface area contributed by atoms with Gasteiger partial charge in [0, 0.05) is 11.6 Å². The Balaban J connectivity index is 1.44. The van der Waals surface area contributed by atoms with Gasteiger partial charge >= 0.3 is 0 Å². The third kappa shape index (κ3) is 3.22. The van der Waals surface area contributed by atoms with Gasteiger partial charge in [-0.05, 0) is 44.0 Å². The minimum Gasteiger partial charge on any atom is -0.420 e. The van der Waals surface area contributed by atoms with Gasteiger partial charge in [0.1, 0.15) is 0 Å². The normalized spacial score (nSPS) is 13.9. The van der Waals surface area contributed by atoms with Crippen LogP contribution >= 0.6 is 11.8 Å². The van der Waals surface area contributed by atoms with E-state index in [1.807, 2.05) is 60.0 Å². The van der Waals surface area contributed by atoms with Gasteiger partial charge in [-0.3, -0.25) is 9.36 Å². The SMILES string of the molecule is Cc1cccc(-c2nnc(CSc3nc4ccccc4c(=O)n3C3CC3)o2)c1. The van der Waals surface area contributed by atoms with E-state index in [2.05, 4.69) is 10.2 Å². The van der Waals surface area contributed by atoms with E-state index in [0.29, 0.717) is 28.1 Å². The van der Waals surface area contributed by atoms with Gasteiger partial charge in [-0.15, -0.1) is 10.2 Å². The standard InChI is InChI=1S/C21H18N4O2S/c1-13-5-4-6-14(11-13)19-24-23-18(27-19)12-28-21-22-17-8-3-2-7-16(17)20(26)25(21)15-9-10-15/h2-8,11,15H,9-10,12H2,1H3. The number of hydrogen-bond acceptors (Lipinski definition) is 6. The molecule has 6 nitrogen and oxygen atoms in total. The Bertz CT molecular complexity index is 1230. The molecule has 1 fully saturated rings. The fourth-order valence-corrected chi connectivity index (χ4v) is 4.12. The molecule has 2 heterocycles. The molecule has 0 saturated heterocycles. The van der Waals surface area contributed by atoms with Gasteiger partial charge in [0.25, 0.3) is 5.56 Å². The Hall–Kier alpha value is -2.93. The van der Waals surface area contributed by atoms with Crippen molar-refractivity contribution >= 4 is 22.7 Å². The minimum atomic E-state index is 0.0292. The van der Waals surface area contributed by atoms with Crippen molar-refractivity contribution in [2.75, 3.05) is 0 Å². The Morgan fingerprint density at radius 1 is 1.14 bits per heavy atom. The summed E-state index contributed by atoms with van der Waals surface area (Å²) in [5.41, 5.74) is 2.79. The largest absolute Gasteiger partial charge is 0.420 e. The van der Waals surface area contributed by atoms with Crippen LogP contribution in [-0.4, -0.2) is 19.7 Å². The van der Waals surface area contributed by atoms with Crippen molar-refractivity contribution in [3.63, 3.8) is 0 Å². The maximum atomic E-state index is 12.9. The minimum absolute atomic E-state index is 0.0292. The third-order valence-electron chi connectivity index (χ3n) is 4.74. The lowest BCUT2D eigenvalue weighted by molar-refractivity contribution is 0.527. The summed E-state index contributed by atoms with van der Waals surface area (Å²) < 4.78 is 7.65. The van der Waals surface area contributed by atoms with Crippen LogP contribution in [0.5, 0.6) is 0 Å². The van der Waals surface area contributed by atoms with Gasteiger partial charge in [-0.2, -0.15) is 0 Å². The number of para-hydroxylation sites is 1. The zero-order valence-corrected chi connectivity index (χ0v) is 16.1. The van der Waals surface area contributed by atoms with Crippen molar-refractivity contribution in [3.05, 3.63) is 70.3 Å². The van der Waals surface area contributed by atoms with Gasteiger partial charge < -0.3 is 4.42 Å². The summed E-state index contributed by atoms with van der Waals surface area (Å²) in [7, 11) is 0. The first kappa shape index (κ1) is 17.2. The molecule has 0 amide bonds. The van der Waals surface area contributed by atoms with E-state index in [1.54, 1.807) is 0 Å². The molecule has 1 saturated carbocycles. The number of aromatic nitrogens is 4. The predicted octanol–water partition coefficient (Wildman–Crippen LogP) is 4.38. The number of rotatable bonds is 5. The van der Waals surface area contributed by atoms with Gasteiger partial charge in [-0.25, -0.2) is 4.98 Å². The Morgan fingerprint density at radius 3 is 2.82 bits per heavy atom. The van der Waals surface area contributed by atoms with Crippen LogP contribution in [0.1, 0.15) is 30.3 Å². The van der Waals surface area contributed by atoms with Crippen molar-refractivity contribution in [2.24, 2.45) is 0 Å². The van der Waals surface area contributed by atoms with E-state index in [1.165, 1.54) is 11.8 Å². The van der Waals surface area contributed by atoms with Crippen molar-refractivity contribution in [2.45, 2.75) is 36.7 Å². The molecule has 0 atom stereocenters. The summed E-state index contributed by atoms with van der Waals surface area (Å²) in [6.45, 7) is 2.03. The maximum absolute atomic E-state index is 12.9. The first-order valence-electron chi connectivity index (χ1n) is 9.22. The smallest absolute Gasteiger partial charge is 0.262 e. The second kappa shape index (κ2) is 6.91. The Kier molecular flexibility index (Phi) is 4.24. The zero-order chi connectivity index (χ0) is 19.1. The van der Waals surface area contributed by atoms with Crippen molar-refractivity contribution in [1.29, 1.82) is 0 Å². The molecule has 0 spiro atoms. The van der Waals surface area contributed by atoms with Crippen LogP contribution in [0.25, 0.3) is 22.4 Å². The van der Waals surface area contributed by atoms with Gasteiger partial charge in [-0.1, -0.05) is 41.6 Å². The average molecular weight is 390 g/mol. The number of nitrogens with zero attached hydrogens (tertiary/aromatic N) is 4. The van der Waals surface area contributed by atoms with Gasteiger partial charge in [0.15, 0.2) is 5.16 Å². The fourth-order valence-electron chi connectivity index (χ4n) is 3.22.